The van der Waals surface area contributed by atoms with Gasteiger partial charge in [0.25, 0.3) is 0 Å². The summed E-state index contributed by atoms with van der Waals surface area (Å²) >= 11 is 0. The molecule has 470 valence electrons. The summed E-state index contributed by atoms with van der Waals surface area (Å²) in [6.45, 7) is 5.70. The number of rotatable bonds is 57. The molecule has 0 aromatic carbocycles. The molecule has 1 amide bonds. The summed E-state index contributed by atoms with van der Waals surface area (Å²) < 4.78 is 17.7. The first-order valence-electron chi connectivity index (χ1n) is 33.7. The van der Waals surface area contributed by atoms with Crippen molar-refractivity contribution in [2.75, 3.05) is 13.2 Å². The summed E-state index contributed by atoms with van der Waals surface area (Å²) in [6.07, 6.45) is 63.6. The van der Waals surface area contributed by atoms with Crippen molar-refractivity contribution < 1.29 is 49.3 Å². The van der Waals surface area contributed by atoms with Gasteiger partial charge in [0.05, 0.1) is 25.4 Å². The fourth-order valence-corrected chi connectivity index (χ4v) is 10.3. The third-order valence-electron chi connectivity index (χ3n) is 15.6. The molecule has 81 heavy (non-hydrogen) atoms. The van der Waals surface area contributed by atoms with Crippen LogP contribution in [0.25, 0.3) is 0 Å². The topological polar surface area (TPSA) is 175 Å². The summed E-state index contributed by atoms with van der Waals surface area (Å²) in [4.78, 5) is 26.6. The van der Waals surface area contributed by atoms with E-state index in [-0.39, 0.29) is 19.4 Å². The van der Waals surface area contributed by atoms with Gasteiger partial charge in [0.15, 0.2) is 12.4 Å². The number of aliphatic hydroxyl groups excluding tert-OH is 5. The maximum atomic E-state index is 13.5. The van der Waals surface area contributed by atoms with Crippen LogP contribution in [0.3, 0.4) is 0 Å². The van der Waals surface area contributed by atoms with E-state index in [1.807, 2.05) is 6.08 Å². The molecule has 1 aliphatic heterocycles. The summed E-state index contributed by atoms with van der Waals surface area (Å²) in [5, 5.41) is 57.2. The highest BCUT2D eigenvalue weighted by molar-refractivity contribution is 5.80. The molecule has 6 N–H and O–H groups in total. The second-order valence-electron chi connectivity index (χ2n) is 23.2. The minimum atomic E-state index is -1.62. The van der Waals surface area contributed by atoms with Crippen LogP contribution in [0.5, 0.6) is 0 Å². The maximum Gasteiger partial charge on any atom is 0.306 e. The van der Waals surface area contributed by atoms with Crippen molar-refractivity contribution in [1.82, 2.24) is 5.32 Å². The number of unbranched alkanes of at least 4 members (excludes halogenated alkanes) is 33. The molecule has 0 aromatic rings. The van der Waals surface area contributed by atoms with Crippen molar-refractivity contribution in [3.63, 3.8) is 0 Å². The SMILES string of the molecule is CC/C=C\C/C=C\C/C=C\C/C=C\C/C=C\CCCCCCCCC(O)C(=O)NC(COC1OC(CO)C(O)C(O)C1OC(=O)CCCCCCCCCCCCCCCCCCC)C(O)/C=C/CCCCCCCCCCCCC. The highest BCUT2D eigenvalue weighted by Gasteiger charge is 2.47. The molecular formula is C70H125NO10. The third-order valence-corrected chi connectivity index (χ3v) is 15.6. The summed E-state index contributed by atoms with van der Waals surface area (Å²) in [6, 6.07) is -1.03. The minimum Gasteiger partial charge on any atom is -0.454 e. The molecule has 11 heteroatoms. The van der Waals surface area contributed by atoms with Gasteiger partial charge in [0, 0.05) is 6.42 Å². The van der Waals surface area contributed by atoms with Crippen molar-refractivity contribution in [2.24, 2.45) is 0 Å². The predicted octanol–water partition coefficient (Wildman–Crippen LogP) is 16.7. The highest BCUT2D eigenvalue weighted by Crippen LogP contribution is 2.26. The zero-order chi connectivity index (χ0) is 58.9. The Morgan fingerprint density at radius 1 is 0.494 bits per heavy atom. The quantitative estimate of drug-likeness (QED) is 0.0195. The standard InChI is InChI=1S/C70H125NO10/c1-4-7-10-13-16-19-22-25-27-29-30-31-32-33-35-36-39-42-45-48-51-54-57-63(74)69(78)71-61(62(73)56-53-50-47-44-41-38-24-21-18-15-12-9-6-3)60-79-70-68(67(77)66(76)64(59-72)80-70)81-65(75)58-55-52-49-46-43-40-37-34-28-26-23-20-17-14-11-8-5-2/h7,10,16,19,25,27,30-31,33,35,53,56,61-64,66-68,70,72-74,76-77H,4-6,8-9,11-15,17-18,20-24,26,28-29,32,34,36-52,54-55,57-60H2,1-3H3,(H,71,78)/b10-7-,19-16-,27-25-,31-30-,35-33-,56-53+. The van der Waals surface area contributed by atoms with E-state index in [1.54, 1.807) is 6.08 Å². The van der Waals surface area contributed by atoms with Crippen molar-refractivity contribution in [3.05, 3.63) is 72.9 Å². The van der Waals surface area contributed by atoms with Gasteiger partial charge in [-0.05, 0) is 70.6 Å². The largest absolute Gasteiger partial charge is 0.454 e. The lowest BCUT2D eigenvalue weighted by molar-refractivity contribution is -0.305. The zero-order valence-corrected chi connectivity index (χ0v) is 52.1. The van der Waals surface area contributed by atoms with Crippen LogP contribution in [0, 0.1) is 0 Å². The van der Waals surface area contributed by atoms with Crippen LogP contribution in [0.2, 0.25) is 0 Å². The number of ether oxygens (including phenoxy) is 3. The van der Waals surface area contributed by atoms with Gasteiger partial charge in [-0.25, -0.2) is 0 Å². The Kier molecular flexibility index (Phi) is 54.1. The van der Waals surface area contributed by atoms with Gasteiger partial charge < -0.3 is 45.1 Å². The van der Waals surface area contributed by atoms with E-state index < -0.39 is 67.4 Å². The van der Waals surface area contributed by atoms with Gasteiger partial charge in [-0.3, -0.25) is 9.59 Å². The number of esters is 1. The van der Waals surface area contributed by atoms with Crippen LogP contribution in [0.15, 0.2) is 72.9 Å². The number of allylic oxidation sites excluding steroid dienone is 11. The zero-order valence-electron chi connectivity index (χ0n) is 52.1. The number of aliphatic hydroxyl groups is 5. The molecule has 1 aliphatic rings. The molecular weight excluding hydrogens is 1010 g/mol. The van der Waals surface area contributed by atoms with Crippen molar-refractivity contribution >= 4 is 11.9 Å². The monoisotopic (exact) mass is 1140 g/mol. The van der Waals surface area contributed by atoms with E-state index in [2.05, 4.69) is 86.8 Å². The molecule has 0 aromatic heterocycles. The Hall–Kier alpha value is -2.90. The first kappa shape index (κ1) is 76.1. The average Bonchev–Trinajstić information content (AvgIpc) is 3.49. The van der Waals surface area contributed by atoms with Crippen LogP contribution in [-0.2, 0) is 23.8 Å². The second-order valence-corrected chi connectivity index (χ2v) is 23.2. The Morgan fingerprint density at radius 2 is 0.889 bits per heavy atom. The molecule has 1 rings (SSSR count). The summed E-state index contributed by atoms with van der Waals surface area (Å²) in [5.74, 6) is -1.20. The summed E-state index contributed by atoms with van der Waals surface area (Å²) in [5.41, 5.74) is 0. The van der Waals surface area contributed by atoms with Gasteiger partial charge in [0.2, 0.25) is 5.91 Å². The smallest absolute Gasteiger partial charge is 0.306 e. The van der Waals surface area contributed by atoms with Gasteiger partial charge >= 0.3 is 5.97 Å². The van der Waals surface area contributed by atoms with Crippen molar-refractivity contribution in [1.29, 1.82) is 0 Å². The lowest BCUT2D eigenvalue weighted by Crippen LogP contribution is -2.61. The second kappa shape index (κ2) is 57.5. The van der Waals surface area contributed by atoms with Crippen molar-refractivity contribution in [3.8, 4) is 0 Å². The maximum absolute atomic E-state index is 13.5. The number of amides is 1. The molecule has 0 radical (unpaired) electrons. The molecule has 0 aliphatic carbocycles. The molecule has 1 saturated heterocycles. The van der Waals surface area contributed by atoms with E-state index in [4.69, 9.17) is 14.2 Å². The van der Waals surface area contributed by atoms with Crippen LogP contribution < -0.4 is 5.32 Å². The number of hydrogen-bond donors (Lipinski definition) is 6. The van der Waals surface area contributed by atoms with Crippen molar-refractivity contribution in [2.45, 2.75) is 346 Å². The number of hydrogen-bond acceptors (Lipinski definition) is 10. The van der Waals surface area contributed by atoms with Gasteiger partial charge in [-0.15, -0.1) is 0 Å². The predicted molar refractivity (Wildman–Crippen MR) is 338 cm³/mol. The lowest BCUT2D eigenvalue weighted by Gasteiger charge is -2.41. The van der Waals surface area contributed by atoms with Crippen LogP contribution in [-0.4, -0.2) is 99.6 Å². The average molecular weight is 1140 g/mol. The molecule has 8 unspecified atom stereocenters. The molecule has 0 spiro atoms. The van der Waals surface area contributed by atoms with Gasteiger partial charge in [-0.2, -0.15) is 0 Å². The van der Waals surface area contributed by atoms with E-state index >= 15 is 0 Å². The first-order valence-corrected chi connectivity index (χ1v) is 33.7. The van der Waals surface area contributed by atoms with Gasteiger partial charge in [-0.1, -0.05) is 293 Å². The minimum absolute atomic E-state index is 0.124. The molecule has 1 heterocycles. The molecule has 0 saturated carbocycles. The Labute approximate surface area is 496 Å². The number of carbonyl (C=O) groups excluding carboxylic acids is 2. The van der Waals surface area contributed by atoms with E-state index in [0.717, 1.165) is 109 Å². The number of carbonyl (C=O) groups is 2. The van der Waals surface area contributed by atoms with E-state index in [9.17, 15) is 35.1 Å². The lowest BCUT2D eigenvalue weighted by atomic mass is 9.99. The Morgan fingerprint density at radius 3 is 1.33 bits per heavy atom. The molecule has 8 atom stereocenters. The van der Waals surface area contributed by atoms with Crippen LogP contribution in [0.4, 0.5) is 0 Å². The first-order chi connectivity index (χ1) is 39.7. The molecule has 1 fully saturated rings. The Balaban J connectivity index is 2.65. The normalized spacial score (nSPS) is 19.1. The molecule has 11 nitrogen and oxygen atoms in total. The third kappa shape index (κ3) is 45.2. The highest BCUT2D eigenvalue weighted by atomic mass is 16.7. The summed E-state index contributed by atoms with van der Waals surface area (Å²) in [7, 11) is 0. The van der Waals surface area contributed by atoms with Crippen LogP contribution >= 0.6 is 0 Å². The van der Waals surface area contributed by atoms with E-state index in [0.29, 0.717) is 12.8 Å². The fraction of sp³-hybridized carbons (Fsp3) is 0.800. The van der Waals surface area contributed by atoms with Crippen LogP contribution in [0.1, 0.15) is 297 Å². The van der Waals surface area contributed by atoms with E-state index in [1.165, 1.54) is 141 Å². The number of nitrogens with one attached hydrogen (secondary N) is 1. The Bertz CT molecular complexity index is 1590. The molecule has 0 bridgehead atoms. The fourth-order valence-electron chi connectivity index (χ4n) is 10.3. The van der Waals surface area contributed by atoms with Gasteiger partial charge in [0.1, 0.15) is 24.4 Å².